The molecular formula is C31H24BrN3O5S. The molecule has 0 aliphatic carbocycles. The summed E-state index contributed by atoms with van der Waals surface area (Å²) in [6.07, 6.45) is 1.53. The molecule has 4 aromatic rings. The van der Waals surface area contributed by atoms with Crippen LogP contribution < -0.4 is 15.5 Å². The molecule has 0 spiro atoms. The molecule has 1 aliphatic heterocycles. The summed E-state index contributed by atoms with van der Waals surface area (Å²) in [4.78, 5) is 53.8. The van der Waals surface area contributed by atoms with E-state index < -0.39 is 17.1 Å². The van der Waals surface area contributed by atoms with E-state index in [1.807, 2.05) is 0 Å². The Hall–Kier alpha value is -4.41. The van der Waals surface area contributed by atoms with E-state index in [1.165, 1.54) is 22.7 Å². The number of imide groups is 1. The van der Waals surface area contributed by atoms with E-state index >= 15 is 0 Å². The van der Waals surface area contributed by atoms with Gasteiger partial charge in [0.15, 0.2) is 0 Å². The van der Waals surface area contributed by atoms with Crippen LogP contribution in [0.15, 0.2) is 110 Å². The summed E-state index contributed by atoms with van der Waals surface area (Å²) < 4.78 is 6.43. The Labute approximate surface area is 248 Å². The lowest BCUT2D eigenvalue weighted by Gasteiger charge is -2.15. The van der Waals surface area contributed by atoms with Crippen molar-refractivity contribution in [2.45, 2.75) is 23.5 Å². The summed E-state index contributed by atoms with van der Waals surface area (Å²) in [7, 11) is 0. The van der Waals surface area contributed by atoms with Crippen LogP contribution in [0.1, 0.15) is 28.3 Å². The number of amides is 4. The molecule has 2 N–H and O–H groups in total. The molecule has 0 bridgehead atoms. The lowest BCUT2D eigenvalue weighted by molar-refractivity contribution is -0.121. The summed E-state index contributed by atoms with van der Waals surface area (Å²) in [5.41, 5.74) is 1.37. The SMILES string of the molecule is Cc1ccc(/C=C(/NC(=O)c2ccccc2)C(=O)Nc2cccc(SC3CC(=O)N(c4ccc(Br)cc4)C3=O)c2)o1. The van der Waals surface area contributed by atoms with Crippen LogP contribution in [0.2, 0.25) is 0 Å². The minimum atomic E-state index is -0.597. The Morgan fingerprint density at radius 2 is 1.73 bits per heavy atom. The van der Waals surface area contributed by atoms with Crippen LogP contribution in [-0.2, 0) is 14.4 Å². The first kappa shape index (κ1) is 28.1. The van der Waals surface area contributed by atoms with Crippen molar-refractivity contribution >= 4 is 68.8 Å². The molecule has 0 saturated carbocycles. The molecule has 1 aromatic heterocycles. The smallest absolute Gasteiger partial charge is 0.272 e. The first-order valence-corrected chi connectivity index (χ1v) is 14.3. The molecule has 5 rings (SSSR count). The van der Waals surface area contributed by atoms with E-state index in [-0.39, 0.29) is 23.9 Å². The first-order valence-electron chi connectivity index (χ1n) is 12.6. The van der Waals surface area contributed by atoms with Crippen molar-refractivity contribution in [3.05, 3.63) is 118 Å². The number of carbonyl (C=O) groups excluding carboxylic acids is 4. The Bertz CT molecular complexity index is 1650. The molecular weight excluding hydrogens is 606 g/mol. The van der Waals surface area contributed by atoms with E-state index in [0.717, 1.165) is 4.47 Å². The quantitative estimate of drug-likeness (QED) is 0.178. The minimum absolute atomic E-state index is 0.00651. The van der Waals surface area contributed by atoms with Gasteiger partial charge in [-0.3, -0.25) is 19.2 Å². The van der Waals surface area contributed by atoms with Gasteiger partial charge in [-0.05, 0) is 73.7 Å². The number of benzene rings is 3. The van der Waals surface area contributed by atoms with Gasteiger partial charge in [0.05, 0.1) is 10.9 Å². The molecule has 3 aromatic carbocycles. The maximum absolute atomic E-state index is 13.3. The van der Waals surface area contributed by atoms with Gasteiger partial charge in [0.2, 0.25) is 11.8 Å². The van der Waals surface area contributed by atoms with Gasteiger partial charge in [0.25, 0.3) is 11.8 Å². The summed E-state index contributed by atoms with van der Waals surface area (Å²) in [6, 6.07) is 26.0. The summed E-state index contributed by atoms with van der Waals surface area (Å²) in [6.45, 7) is 1.78. The van der Waals surface area contributed by atoms with Crippen LogP contribution in [0.25, 0.3) is 6.08 Å². The van der Waals surface area contributed by atoms with Crippen LogP contribution in [0.3, 0.4) is 0 Å². The second kappa shape index (κ2) is 12.4. The zero-order valence-electron chi connectivity index (χ0n) is 21.8. The number of hydrogen-bond donors (Lipinski definition) is 2. The molecule has 1 aliphatic rings. The lowest BCUT2D eigenvalue weighted by atomic mass is 10.2. The number of thioether (sulfide) groups is 1. The monoisotopic (exact) mass is 629 g/mol. The zero-order chi connectivity index (χ0) is 28.9. The lowest BCUT2D eigenvalue weighted by Crippen LogP contribution is -2.31. The molecule has 1 fully saturated rings. The predicted molar refractivity (Wildman–Crippen MR) is 161 cm³/mol. The highest BCUT2D eigenvalue weighted by atomic mass is 79.9. The van der Waals surface area contributed by atoms with Crippen LogP contribution in [0.4, 0.5) is 11.4 Å². The topological polar surface area (TPSA) is 109 Å². The van der Waals surface area contributed by atoms with Crippen molar-refractivity contribution in [2.24, 2.45) is 0 Å². The van der Waals surface area contributed by atoms with Crippen LogP contribution in [0, 0.1) is 6.92 Å². The summed E-state index contributed by atoms with van der Waals surface area (Å²) in [5.74, 6) is -0.493. The van der Waals surface area contributed by atoms with Gasteiger partial charge >= 0.3 is 0 Å². The fourth-order valence-electron chi connectivity index (χ4n) is 4.18. The van der Waals surface area contributed by atoms with Gasteiger partial charge in [-0.2, -0.15) is 0 Å². The molecule has 1 unspecified atom stereocenters. The van der Waals surface area contributed by atoms with Crippen LogP contribution in [-0.4, -0.2) is 28.9 Å². The predicted octanol–water partition coefficient (Wildman–Crippen LogP) is 6.18. The van der Waals surface area contributed by atoms with Crippen molar-refractivity contribution in [2.75, 3.05) is 10.2 Å². The number of rotatable bonds is 8. The molecule has 4 amide bonds. The minimum Gasteiger partial charge on any atom is -0.462 e. The highest BCUT2D eigenvalue weighted by Crippen LogP contribution is 2.35. The zero-order valence-corrected chi connectivity index (χ0v) is 24.2. The number of halogens is 1. The largest absolute Gasteiger partial charge is 0.462 e. The van der Waals surface area contributed by atoms with Crippen molar-refractivity contribution in [1.82, 2.24) is 5.32 Å². The number of furan rings is 1. The number of anilines is 2. The maximum Gasteiger partial charge on any atom is 0.272 e. The van der Waals surface area contributed by atoms with Gasteiger partial charge < -0.3 is 15.1 Å². The number of nitrogens with zero attached hydrogens (tertiary/aromatic N) is 1. The van der Waals surface area contributed by atoms with E-state index in [2.05, 4.69) is 26.6 Å². The van der Waals surface area contributed by atoms with Crippen LogP contribution in [0.5, 0.6) is 0 Å². The van der Waals surface area contributed by atoms with E-state index in [4.69, 9.17) is 4.42 Å². The first-order chi connectivity index (χ1) is 19.8. The fourth-order valence-corrected chi connectivity index (χ4v) is 5.56. The highest BCUT2D eigenvalue weighted by Gasteiger charge is 2.40. The average Bonchev–Trinajstić information content (AvgIpc) is 3.50. The van der Waals surface area contributed by atoms with Crippen LogP contribution >= 0.6 is 27.7 Å². The Kier molecular flexibility index (Phi) is 8.51. The molecule has 1 saturated heterocycles. The number of aryl methyl sites for hydroxylation is 1. The fraction of sp³-hybridized carbons (Fsp3) is 0.0968. The third-order valence-corrected chi connectivity index (χ3v) is 7.84. The summed E-state index contributed by atoms with van der Waals surface area (Å²) in [5, 5.41) is 4.88. The second-order valence-corrected chi connectivity index (χ2v) is 11.4. The number of hydrogen-bond acceptors (Lipinski definition) is 6. The maximum atomic E-state index is 13.3. The molecule has 10 heteroatoms. The Morgan fingerprint density at radius 3 is 2.44 bits per heavy atom. The normalized spacial score (nSPS) is 15.2. The molecule has 0 radical (unpaired) electrons. The molecule has 206 valence electrons. The molecule has 8 nitrogen and oxygen atoms in total. The van der Waals surface area contributed by atoms with Crippen molar-refractivity contribution in [1.29, 1.82) is 0 Å². The van der Waals surface area contributed by atoms with Gasteiger partial charge in [-0.15, -0.1) is 11.8 Å². The van der Waals surface area contributed by atoms with E-state index in [0.29, 0.717) is 33.4 Å². The number of carbonyl (C=O) groups is 4. The van der Waals surface area contributed by atoms with E-state index in [9.17, 15) is 19.2 Å². The Balaban J connectivity index is 1.31. The second-order valence-electron chi connectivity index (χ2n) is 9.16. The van der Waals surface area contributed by atoms with Crippen molar-refractivity contribution in [3.63, 3.8) is 0 Å². The third kappa shape index (κ3) is 6.85. The van der Waals surface area contributed by atoms with Gasteiger partial charge in [0, 0.05) is 33.1 Å². The third-order valence-electron chi connectivity index (χ3n) is 6.14. The standard InChI is InChI=1S/C31H24BrN3O5S/c1-19-10-15-24(40-19)17-26(34-29(37)20-6-3-2-4-7-20)30(38)33-22-8-5-9-25(16-22)41-27-18-28(36)35(31(27)39)23-13-11-21(32)12-14-23/h2-17,27H,18H2,1H3,(H,33,38)(H,34,37)/b26-17+. The van der Waals surface area contributed by atoms with Crippen molar-refractivity contribution < 1.29 is 23.6 Å². The average molecular weight is 631 g/mol. The Morgan fingerprint density at radius 1 is 0.976 bits per heavy atom. The summed E-state index contributed by atoms with van der Waals surface area (Å²) >= 11 is 4.62. The van der Waals surface area contributed by atoms with Crippen molar-refractivity contribution in [3.8, 4) is 0 Å². The van der Waals surface area contributed by atoms with Gasteiger partial charge in [-0.1, -0.05) is 40.2 Å². The molecule has 41 heavy (non-hydrogen) atoms. The number of nitrogens with one attached hydrogen (secondary N) is 2. The highest BCUT2D eigenvalue weighted by molar-refractivity contribution is 9.10. The van der Waals surface area contributed by atoms with Gasteiger partial charge in [0.1, 0.15) is 17.2 Å². The molecule has 2 heterocycles. The van der Waals surface area contributed by atoms with Gasteiger partial charge in [-0.25, -0.2) is 4.90 Å². The van der Waals surface area contributed by atoms with E-state index in [1.54, 1.807) is 97.9 Å². The molecule has 1 atom stereocenters.